The first-order valence-corrected chi connectivity index (χ1v) is 7.06. The molecule has 1 aliphatic rings. The number of nitrogens with zero attached hydrogens (tertiary/aromatic N) is 2. The van der Waals surface area contributed by atoms with Crippen molar-refractivity contribution in [2.24, 2.45) is 0 Å². The molecule has 0 aromatic heterocycles. The van der Waals surface area contributed by atoms with E-state index in [0.717, 1.165) is 12.8 Å². The van der Waals surface area contributed by atoms with Gasteiger partial charge in [0.1, 0.15) is 0 Å². The van der Waals surface area contributed by atoms with Gasteiger partial charge in [-0.1, -0.05) is 6.92 Å². The molecule has 0 bridgehead atoms. The Morgan fingerprint density at radius 2 is 2.06 bits per heavy atom. The summed E-state index contributed by atoms with van der Waals surface area (Å²) in [5.74, 6) is 0. The Balaban J connectivity index is 2.96. The van der Waals surface area contributed by atoms with Crippen molar-refractivity contribution in [3.63, 3.8) is 0 Å². The van der Waals surface area contributed by atoms with E-state index in [-0.39, 0.29) is 6.04 Å². The minimum absolute atomic E-state index is 0.313. The Morgan fingerprint density at radius 3 is 2.50 bits per heavy atom. The van der Waals surface area contributed by atoms with Gasteiger partial charge in [-0.15, -0.1) is 0 Å². The van der Waals surface area contributed by atoms with Gasteiger partial charge in [-0.05, 0) is 26.7 Å². The van der Waals surface area contributed by atoms with Crippen molar-refractivity contribution >= 4 is 10.2 Å². The molecule has 0 spiro atoms. The molecule has 96 valence electrons. The van der Waals surface area contributed by atoms with Gasteiger partial charge in [-0.2, -0.15) is 17.0 Å². The Bertz CT molecular complexity index is 334. The van der Waals surface area contributed by atoms with E-state index in [2.05, 4.69) is 0 Å². The van der Waals surface area contributed by atoms with Gasteiger partial charge in [0, 0.05) is 20.1 Å². The summed E-state index contributed by atoms with van der Waals surface area (Å²) in [6.45, 7) is 6.07. The van der Waals surface area contributed by atoms with Crippen LogP contribution in [0.3, 0.4) is 0 Å². The van der Waals surface area contributed by atoms with Crippen molar-refractivity contribution in [3.05, 3.63) is 0 Å². The number of hydrogen-bond acceptors (Lipinski definition) is 3. The SMILES string of the molecule is CCN(C)S(=O)(=O)N1CCCC1C(C)(C)O. The minimum Gasteiger partial charge on any atom is -0.389 e. The second kappa shape index (κ2) is 4.60. The predicted molar refractivity (Wildman–Crippen MR) is 63.2 cm³/mol. The summed E-state index contributed by atoms with van der Waals surface area (Å²) < 4.78 is 27.1. The highest BCUT2D eigenvalue weighted by Crippen LogP contribution is 2.29. The monoisotopic (exact) mass is 250 g/mol. The van der Waals surface area contributed by atoms with Crippen molar-refractivity contribution in [2.75, 3.05) is 20.1 Å². The number of rotatable bonds is 4. The summed E-state index contributed by atoms with van der Waals surface area (Å²) in [6.07, 6.45) is 1.53. The molecule has 1 saturated heterocycles. The Labute approximate surface area is 98.2 Å². The molecular formula is C10H22N2O3S. The zero-order valence-corrected chi connectivity index (χ0v) is 11.3. The maximum atomic E-state index is 12.2. The molecule has 0 saturated carbocycles. The second-order valence-electron chi connectivity index (χ2n) is 4.84. The van der Waals surface area contributed by atoms with Crippen LogP contribution >= 0.6 is 0 Å². The molecule has 5 nitrogen and oxygen atoms in total. The molecule has 0 aromatic carbocycles. The lowest BCUT2D eigenvalue weighted by Crippen LogP contribution is -2.52. The van der Waals surface area contributed by atoms with Crippen molar-refractivity contribution in [1.82, 2.24) is 8.61 Å². The molecule has 1 aliphatic heterocycles. The van der Waals surface area contributed by atoms with Crippen molar-refractivity contribution in [3.8, 4) is 0 Å². The van der Waals surface area contributed by atoms with Gasteiger partial charge in [0.05, 0.1) is 11.6 Å². The van der Waals surface area contributed by atoms with Gasteiger partial charge >= 0.3 is 0 Å². The molecule has 16 heavy (non-hydrogen) atoms. The lowest BCUT2D eigenvalue weighted by atomic mass is 9.98. The van der Waals surface area contributed by atoms with E-state index in [1.54, 1.807) is 27.8 Å². The standard InChI is InChI=1S/C10H22N2O3S/c1-5-11(4)16(14,15)12-8-6-7-9(12)10(2,3)13/h9,13H,5-8H2,1-4H3. The Hall–Kier alpha value is -0.170. The van der Waals surface area contributed by atoms with E-state index in [0.29, 0.717) is 13.1 Å². The van der Waals surface area contributed by atoms with E-state index in [1.165, 1.54) is 8.61 Å². The molecule has 1 unspecified atom stereocenters. The van der Waals surface area contributed by atoms with Crippen LogP contribution in [0.4, 0.5) is 0 Å². The first kappa shape index (κ1) is 13.9. The van der Waals surface area contributed by atoms with E-state index < -0.39 is 15.8 Å². The molecule has 1 fully saturated rings. The van der Waals surface area contributed by atoms with Crippen LogP contribution in [0.2, 0.25) is 0 Å². The zero-order chi connectivity index (χ0) is 12.6. The molecule has 1 atom stereocenters. The third kappa shape index (κ3) is 2.56. The van der Waals surface area contributed by atoms with E-state index in [1.807, 2.05) is 0 Å². The topological polar surface area (TPSA) is 60.9 Å². The van der Waals surface area contributed by atoms with Gasteiger partial charge < -0.3 is 5.11 Å². The van der Waals surface area contributed by atoms with E-state index in [4.69, 9.17) is 0 Å². The third-order valence-electron chi connectivity index (χ3n) is 3.15. The first-order chi connectivity index (χ1) is 7.21. The molecule has 0 amide bonds. The van der Waals surface area contributed by atoms with Crippen LogP contribution < -0.4 is 0 Å². The van der Waals surface area contributed by atoms with Gasteiger partial charge in [0.15, 0.2) is 0 Å². The van der Waals surface area contributed by atoms with Gasteiger partial charge in [-0.3, -0.25) is 0 Å². The summed E-state index contributed by atoms with van der Waals surface area (Å²) in [5.41, 5.74) is -0.988. The summed E-state index contributed by atoms with van der Waals surface area (Å²) in [6, 6.07) is -0.313. The molecule has 1 N–H and O–H groups in total. The van der Waals surface area contributed by atoms with Gasteiger partial charge in [-0.25, -0.2) is 0 Å². The molecule has 1 rings (SSSR count). The highest BCUT2D eigenvalue weighted by molar-refractivity contribution is 7.86. The highest BCUT2D eigenvalue weighted by Gasteiger charge is 2.43. The number of hydrogen-bond donors (Lipinski definition) is 1. The predicted octanol–water partition coefficient (Wildman–Crippen LogP) is 0.418. The lowest BCUT2D eigenvalue weighted by Gasteiger charge is -2.34. The van der Waals surface area contributed by atoms with Crippen molar-refractivity contribution in [2.45, 2.75) is 45.3 Å². The lowest BCUT2D eigenvalue weighted by molar-refractivity contribution is 0.0202. The molecule has 1 heterocycles. The van der Waals surface area contributed by atoms with Crippen LogP contribution in [0.5, 0.6) is 0 Å². The fourth-order valence-electron chi connectivity index (χ4n) is 2.06. The fourth-order valence-corrected chi connectivity index (χ4v) is 3.79. The Kier molecular flexibility index (Phi) is 3.99. The largest absolute Gasteiger partial charge is 0.389 e. The minimum atomic E-state index is -3.41. The average Bonchev–Trinajstić information content (AvgIpc) is 2.64. The van der Waals surface area contributed by atoms with Crippen LogP contribution in [-0.2, 0) is 10.2 Å². The smallest absolute Gasteiger partial charge is 0.282 e. The van der Waals surface area contributed by atoms with Crippen LogP contribution in [0.25, 0.3) is 0 Å². The molecule has 0 radical (unpaired) electrons. The second-order valence-corrected chi connectivity index (χ2v) is 6.83. The number of aliphatic hydroxyl groups is 1. The highest BCUT2D eigenvalue weighted by atomic mass is 32.2. The summed E-state index contributed by atoms with van der Waals surface area (Å²) >= 11 is 0. The van der Waals surface area contributed by atoms with Gasteiger partial charge in [0.2, 0.25) is 0 Å². The maximum absolute atomic E-state index is 12.2. The fraction of sp³-hybridized carbons (Fsp3) is 1.00. The van der Waals surface area contributed by atoms with Crippen LogP contribution in [0.15, 0.2) is 0 Å². The third-order valence-corrected chi connectivity index (χ3v) is 5.23. The summed E-state index contributed by atoms with van der Waals surface area (Å²) in [7, 11) is -1.85. The molecule has 6 heteroatoms. The quantitative estimate of drug-likeness (QED) is 0.786. The van der Waals surface area contributed by atoms with E-state index in [9.17, 15) is 13.5 Å². The van der Waals surface area contributed by atoms with Crippen molar-refractivity contribution < 1.29 is 13.5 Å². The zero-order valence-electron chi connectivity index (χ0n) is 10.5. The normalized spacial score (nSPS) is 24.2. The van der Waals surface area contributed by atoms with Gasteiger partial charge in [0.25, 0.3) is 10.2 Å². The summed E-state index contributed by atoms with van der Waals surface area (Å²) in [4.78, 5) is 0. The van der Waals surface area contributed by atoms with Crippen LogP contribution in [0.1, 0.15) is 33.6 Å². The first-order valence-electron chi connectivity index (χ1n) is 5.66. The molecule has 0 aliphatic carbocycles. The molecular weight excluding hydrogens is 228 g/mol. The maximum Gasteiger partial charge on any atom is 0.282 e. The van der Waals surface area contributed by atoms with Crippen molar-refractivity contribution in [1.29, 1.82) is 0 Å². The molecule has 0 aromatic rings. The average molecular weight is 250 g/mol. The van der Waals surface area contributed by atoms with Crippen LogP contribution in [-0.4, -0.2) is 53.9 Å². The van der Waals surface area contributed by atoms with E-state index >= 15 is 0 Å². The summed E-state index contributed by atoms with van der Waals surface area (Å²) in [5, 5.41) is 9.98. The van der Waals surface area contributed by atoms with Crippen LogP contribution in [0, 0.1) is 0 Å². The Morgan fingerprint density at radius 1 is 1.50 bits per heavy atom.